The molecule has 2 aromatic carbocycles. The van der Waals surface area contributed by atoms with Gasteiger partial charge < -0.3 is 24.3 Å². The van der Waals surface area contributed by atoms with Crippen molar-refractivity contribution in [3.63, 3.8) is 0 Å². The van der Waals surface area contributed by atoms with Gasteiger partial charge in [0.2, 0.25) is 11.6 Å². The van der Waals surface area contributed by atoms with Gasteiger partial charge in [0.25, 0.3) is 0 Å². The maximum atomic E-state index is 12.6. The molecule has 0 atom stereocenters. The van der Waals surface area contributed by atoms with Gasteiger partial charge in [0.15, 0.2) is 11.5 Å². The smallest absolute Gasteiger partial charge is 0.357 e. The minimum absolute atomic E-state index is 0.0695. The van der Waals surface area contributed by atoms with E-state index in [9.17, 15) is 14.4 Å². The number of ketones is 2. The standard InChI is InChI=1S/C19H12ClNO4S.C17H13ClN2O3S/c20-13-5-3-11(4-6-13)19-12(8-14-10-17(22)25-21-14)9-16(26-19)18(23)15-2-1-7-24-15;18-12-5-3-10(4-6-12)17-11(9-15(19)20-22)8-14(24-17)16(21)13-2-1-7-23-13/h1-7,9-10,21H,8H2;1-8,22H,9H2,(H2,19,20). The lowest BCUT2D eigenvalue weighted by molar-refractivity contribution is 0.101. The molecule has 0 saturated heterocycles. The van der Waals surface area contributed by atoms with Gasteiger partial charge in [0.1, 0.15) is 5.84 Å². The Kier molecular flexibility index (Phi) is 10.6. The fourth-order valence-corrected chi connectivity index (χ4v) is 7.45. The number of aromatic amines is 1. The normalized spacial score (nSPS) is 11.3. The van der Waals surface area contributed by atoms with Gasteiger partial charge in [-0.15, -0.1) is 22.7 Å². The van der Waals surface area contributed by atoms with E-state index in [0.29, 0.717) is 31.9 Å². The van der Waals surface area contributed by atoms with Gasteiger partial charge in [-0.1, -0.05) is 52.6 Å². The van der Waals surface area contributed by atoms with Crippen LogP contribution in [0.3, 0.4) is 0 Å². The summed E-state index contributed by atoms with van der Waals surface area (Å²) in [5.41, 5.74) is 9.39. The summed E-state index contributed by atoms with van der Waals surface area (Å²) in [6.07, 6.45) is 3.60. The third kappa shape index (κ3) is 8.07. The number of furan rings is 2. The SMILES string of the molecule is NC(Cc1cc(C(=O)c2ccco2)sc1-c1ccc(Cl)cc1)=NO.O=C(c1ccco1)c1cc(Cc2cc(=O)o[nH]2)c(-c2ccc(Cl)cc2)s1. The number of halogens is 2. The third-order valence-corrected chi connectivity index (χ3v) is 10.2. The second-order valence-electron chi connectivity index (χ2n) is 10.7. The summed E-state index contributed by atoms with van der Waals surface area (Å²) >= 11 is 14.6. The molecule has 0 aliphatic rings. The van der Waals surface area contributed by atoms with E-state index in [1.807, 2.05) is 30.3 Å². The molecule has 50 heavy (non-hydrogen) atoms. The molecule has 0 aliphatic heterocycles. The highest BCUT2D eigenvalue weighted by Gasteiger charge is 2.21. The van der Waals surface area contributed by atoms with Crippen LogP contribution in [0.5, 0.6) is 0 Å². The molecule has 7 aromatic rings. The number of hydrogen-bond donors (Lipinski definition) is 3. The highest BCUT2D eigenvalue weighted by Crippen LogP contribution is 2.37. The molecule has 0 fully saturated rings. The zero-order valence-electron chi connectivity index (χ0n) is 25.7. The molecule has 4 N–H and O–H groups in total. The number of hydrogen-bond acceptors (Lipinski definition) is 10. The maximum Gasteiger partial charge on any atom is 0.357 e. The minimum atomic E-state index is -0.435. The Morgan fingerprint density at radius 3 is 1.70 bits per heavy atom. The van der Waals surface area contributed by atoms with Crippen molar-refractivity contribution in [1.82, 2.24) is 5.16 Å². The number of H-pyrrole nitrogens is 1. The van der Waals surface area contributed by atoms with Crippen molar-refractivity contribution in [2.24, 2.45) is 10.9 Å². The number of rotatable bonds is 10. The lowest BCUT2D eigenvalue weighted by Crippen LogP contribution is -2.14. The summed E-state index contributed by atoms with van der Waals surface area (Å²) in [5, 5.41) is 15.7. The van der Waals surface area contributed by atoms with Crippen molar-refractivity contribution < 1.29 is 28.2 Å². The molecule has 0 bridgehead atoms. The number of oxime groups is 1. The zero-order valence-corrected chi connectivity index (χ0v) is 28.9. The lowest BCUT2D eigenvalue weighted by atomic mass is 10.0. The number of carbonyl (C=O) groups excluding carboxylic acids is 2. The van der Waals surface area contributed by atoms with Crippen LogP contribution >= 0.6 is 45.9 Å². The second-order valence-corrected chi connectivity index (χ2v) is 13.7. The van der Waals surface area contributed by atoms with Crippen molar-refractivity contribution in [2.75, 3.05) is 0 Å². The van der Waals surface area contributed by atoms with Gasteiger partial charge in [-0.3, -0.25) is 9.59 Å². The molecule has 0 unspecified atom stereocenters. The van der Waals surface area contributed by atoms with E-state index < -0.39 is 5.63 Å². The third-order valence-electron chi connectivity index (χ3n) is 7.22. The molecular formula is C36H25Cl2N3O7S2. The number of amidine groups is 1. The van der Waals surface area contributed by atoms with Gasteiger partial charge in [0, 0.05) is 38.7 Å². The summed E-state index contributed by atoms with van der Waals surface area (Å²) in [6, 6.07) is 26.3. The van der Waals surface area contributed by atoms with Crippen molar-refractivity contribution in [2.45, 2.75) is 12.8 Å². The summed E-state index contributed by atoms with van der Waals surface area (Å²) in [6.45, 7) is 0. The van der Waals surface area contributed by atoms with Gasteiger partial charge in [0.05, 0.1) is 28.0 Å². The predicted molar refractivity (Wildman–Crippen MR) is 193 cm³/mol. The Hall–Kier alpha value is -5.40. The zero-order chi connectivity index (χ0) is 35.2. The largest absolute Gasteiger partial charge is 0.461 e. The molecule has 0 saturated carbocycles. The fourth-order valence-electron chi connectivity index (χ4n) is 4.93. The van der Waals surface area contributed by atoms with E-state index in [4.69, 9.17) is 47.5 Å². The van der Waals surface area contributed by atoms with Crippen LogP contribution < -0.4 is 11.4 Å². The van der Waals surface area contributed by atoms with Crippen molar-refractivity contribution >= 4 is 63.3 Å². The summed E-state index contributed by atoms with van der Waals surface area (Å²) in [5.74, 6) is 0.250. The molecule has 252 valence electrons. The Balaban J connectivity index is 0.000000174. The molecule has 14 heteroatoms. The molecule has 0 radical (unpaired) electrons. The van der Waals surface area contributed by atoms with Crippen LogP contribution in [0.15, 0.2) is 127 Å². The Bertz CT molecular complexity index is 2320. The number of carbonyl (C=O) groups is 2. The molecule has 7 rings (SSSR count). The number of aromatic nitrogens is 1. The molecule has 0 aliphatic carbocycles. The molecular weight excluding hydrogens is 721 g/mol. The summed E-state index contributed by atoms with van der Waals surface area (Å²) < 4.78 is 15.1. The minimum Gasteiger partial charge on any atom is -0.461 e. The van der Waals surface area contributed by atoms with Crippen LogP contribution in [0.2, 0.25) is 10.0 Å². The van der Waals surface area contributed by atoms with Crippen molar-refractivity contribution in [3.05, 3.63) is 162 Å². The Labute approximate surface area is 302 Å². The van der Waals surface area contributed by atoms with Crippen LogP contribution in [0, 0.1) is 0 Å². The Morgan fingerprint density at radius 1 is 0.760 bits per heavy atom. The van der Waals surface area contributed by atoms with Gasteiger partial charge in [-0.2, -0.15) is 0 Å². The predicted octanol–water partition coefficient (Wildman–Crippen LogP) is 8.95. The number of nitrogens with two attached hydrogens (primary N) is 1. The number of benzene rings is 2. The van der Waals surface area contributed by atoms with E-state index in [1.165, 1.54) is 41.3 Å². The van der Waals surface area contributed by atoms with Crippen LogP contribution in [-0.4, -0.2) is 27.8 Å². The van der Waals surface area contributed by atoms with Gasteiger partial charge in [-0.05, 0) is 82.9 Å². The number of thiophene rings is 2. The Morgan fingerprint density at radius 2 is 1.26 bits per heavy atom. The quantitative estimate of drug-likeness (QED) is 0.0410. The number of nitrogens with one attached hydrogen (secondary N) is 1. The molecule has 0 spiro atoms. The monoisotopic (exact) mass is 745 g/mol. The molecule has 5 heterocycles. The average Bonchev–Trinajstić information content (AvgIpc) is 3.97. The summed E-state index contributed by atoms with van der Waals surface area (Å²) in [4.78, 5) is 39.3. The first kappa shape index (κ1) is 34.5. The molecule has 10 nitrogen and oxygen atoms in total. The number of nitrogens with zero attached hydrogens (tertiary/aromatic N) is 1. The first-order valence-corrected chi connectivity index (χ1v) is 17.1. The summed E-state index contributed by atoms with van der Waals surface area (Å²) in [7, 11) is 0. The van der Waals surface area contributed by atoms with E-state index in [0.717, 1.165) is 32.0 Å². The first-order chi connectivity index (χ1) is 24.2. The van der Waals surface area contributed by atoms with Gasteiger partial charge in [-0.25, -0.2) is 9.95 Å². The average molecular weight is 747 g/mol. The van der Waals surface area contributed by atoms with Crippen LogP contribution in [-0.2, 0) is 12.8 Å². The highest BCUT2D eigenvalue weighted by atomic mass is 35.5. The van der Waals surface area contributed by atoms with Crippen LogP contribution in [0.1, 0.15) is 47.7 Å². The highest BCUT2D eigenvalue weighted by molar-refractivity contribution is 7.18. The topological polar surface area (TPSA) is 165 Å². The van der Waals surface area contributed by atoms with Crippen LogP contribution in [0.4, 0.5) is 0 Å². The van der Waals surface area contributed by atoms with E-state index >= 15 is 0 Å². The second kappa shape index (κ2) is 15.4. The van der Waals surface area contributed by atoms with Crippen molar-refractivity contribution in [1.29, 1.82) is 0 Å². The van der Waals surface area contributed by atoms with E-state index in [2.05, 4.69) is 10.3 Å². The lowest BCUT2D eigenvalue weighted by Gasteiger charge is -2.03. The maximum absolute atomic E-state index is 12.6. The van der Waals surface area contributed by atoms with E-state index in [-0.39, 0.29) is 35.3 Å². The van der Waals surface area contributed by atoms with E-state index in [1.54, 1.807) is 54.6 Å². The van der Waals surface area contributed by atoms with Gasteiger partial charge >= 0.3 is 5.63 Å². The molecule has 5 aromatic heterocycles. The van der Waals surface area contributed by atoms with Crippen molar-refractivity contribution in [3.8, 4) is 20.9 Å². The van der Waals surface area contributed by atoms with Crippen LogP contribution in [0.25, 0.3) is 20.9 Å². The molecule has 0 amide bonds. The first-order valence-electron chi connectivity index (χ1n) is 14.8. The fraction of sp³-hybridized carbons (Fsp3) is 0.0556.